The Kier molecular flexibility index (Phi) is 8.64. The molecule has 8 nitrogen and oxygen atoms in total. The zero-order valence-corrected chi connectivity index (χ0v) is 18.1. The lowest BCUT2D eigenvalue weighted by molar-refractivity contribution is -0.130. The fraction of sp³-hybridized carbons (Fsp3) is 0.667. The molecule has 2 aliphatic heterocycles. The molecule has 0 aromatic heterocycles. The summed E-state index contributed by atoms with van der Waals surface area (Å²) in [5.74, 6) is -0.0722. The molecule has 168 valence electrons. The Morgan fingerprint density at radius 3 is 2.57 bits per heavy atom. The smallest absolute Gasteiger partial charge is 0.240 e. The normalized spacial score (nSPS) is 25.7. The molecular formula is C21H33N3O5S. The van der Waals surface area contributed by atoms with Gasteiger partial charge in [-0.1, -0.05) is 24.6 Å². The summed E-state index contributed by atoms with van der Waals surface area (Å²) >= 11 is 0. The zero-order chi connectivity index (χ0) is 21.4. The van der Waals surface area contributed by atoms with Crippen LogP contribution in [0.3, 0.4) is 0 Å². The lowest BCUT2D eigenvalue weighted by Crippen LogP contribution is -2.51. The highest BCUT2D eigenvalue weighted by Gasteiger charge is 2.34. The van der Waals surface area contributed by atoms with Crippen LogP contribution in [-0.2, 0) is 19.6 Å². The minimum atomic E-state index is -3.69. The number of sulfonamides is 1. The van der Waals surface area contributed by atoms with E-state index >= 15 is 0 Å². The van der Waals surface area contributed by atoms with Crippen molar-refractivity contribution < 1.29 is 23.1 Å². The topological polar surface area (TPSA) is 108 Å². The molecule has 0 saturated carbocycles. The van der Waals surface area contributed by atoms with Crippen LogP contribution < -0.4 is 10.0 Å². The van der Waals surface area contributed by atoms with E-state index in [1.165, 1.54) is 31.4 Å². The van der Waals surface area contributed by atoms with E-state index in [0.29, 0.717) is 19.4 Å². The summed E-state index contributed by atoms with van der Waals surface area (Å²) in [5.41, 5.74) is 0. The summed E-state index contributed by atoms with van der Waals surface area (Å²) in [5, 5.41) is 12.6. The van der Waals surface area contributed by atoms with Gasteiger partial charge in [0.05, 0.1) is 36.2 Å². The lowest BCUT2D eigenvalue weighted by atomic mass is 9.98. The van der Waals surface area contributed by atoms with Crippen LogP contribution in [0.25, 0.3) is 0 Å². The van der Waals surface area contributed by atoms with Gasteiger partial charge in [0.2, 0.25) is 15.9 Å². The number of likely N-dealkylation sites (tertiary alicyclic amines) is 1. The molecule has 3 atom stereocenters. The van der Waals surface area contributed by atoms with Gasteiger partial charge in [0, 0.05) is 13.1 Å². The number of benzene rings is 1. The minimum Gasteiger partial charge on any atom is -0.394 e. The lowest BCUT2D eigenvalue weighted by Gasteiger charge is -2.35. The number of piperidine rings is 1. The van der Waals surface area contributed by atoms with E-state index in [0.717, 1.165) is 19.6 Å². The standard InChI is InChI=1S/C21H33N3O5S/c25-16-20-19(23-30(27,28)18-7-3-1-4-8-18)10-9-17(29-20)15-21(26)22-11-14-24-12-5-2-6-13-24/h1,3-4,7-8,17,19-20,23,25H,2,5-6,9-16H2,(H,22,26)/t17-,19+,20+/m0/s1. The monoisotopic (exact) mass is 439 g/mol. The quantitative estimate of drug-likeness (QED) is 0.527. The summed E-state index contributed by atoms with van der Waals surface area (Å²) in [6.07, 6.45) is 4.01. The molecule has 1 aromatic carbocycles. The van der Waals surface area contributed by atoms with Crippen molar-refractivity contribution in [2.45, 2.75) is 61.7 Å². The second-order valence-corrected chi connectivity index (χ2v) is 9.77. The molecule has 9 heteroatoms. The second-order valence-electron chi connectivity index (χ2n) is 8.05. The number of nitrogens with one attached hydrogen (secondary N) is 2. The van der Waals surface area contributed by atoms with Crippen LogP contribution in [0.5, 0.6) is 0 Å². The van der Waals surface area contributed by atoms with Gasteiger partial charge < -0.3 is 20.1 Å². The average molecular weight is 440 g/mol. The maximum atomic E-state index is 12.6. The van der Waals surface area contributed by atoms with Crippen LogP contribution in [0.15, 0.2) is 35.2 Å². The van der Waals surface area contributed by atoms with E-state index in [-0.39, 0.29) is 29.9 Å². The number of nitrogens with zero attached hydrogens (tertiary/aromatic N) is 1. The van der Waals surface area contributed by atoms with Crippen LogP contribution in [0.2, 0.25) is 0 Å². The molecule has 2 heterocycles. The van der Waals surface area contributed by atoms with Crippen LogP contribution >= 0.6 is 0 Å². The summed E-state index contributed by atoms with van der Waals surface area (Å²) in [6, 6.07) is 7.60. The number of hydrogen-bond donors (Lipinski definition) is 3. The van der Waals surface area contributed by atoms with Gasteiger partial charge in [0.25, 0.3) is 0 Å². The first-order valence-corrected chi connectivity index (χ1v) is 12.3. The average Bonchev–Trinajstić information content (AvgIpc) is 2.76. The van der Waals surface area contributed by atoms with E-state index in [2.05, 4.69) is 14.9 Å². The predicted octanol–water partition coefficient (Wildman–Crippen LogP) is 0.866. The fourth-order valence-electron chi connectivity index (χ4n) is 4.10. The number of ether oxygens (including phenoxy) is 1. The van der Waals surface area contributed by atoms with Crippen molar-refractivity contribution in [3.8, 4) is 0 Å². The molecule has 1 amide bonds. The van der Waals surface area contributed by atoms with Gasteiger partial charge >= 0.3 is 0 Å². The van der Waals surface area contributed by atoms with Crippen molar-refractivity contribution in [3.63, 3.8) is 0 Å². The number of aliphatic hydroxyl groups is 1. The molecule has 2 aliphatic rings. The van der Waals surface area contributed by atoms with Gasteiger partial charge in [-0.2, -0.15) is 0 Å². The highest BCUT2D eigenvalue weighted by atomic mass is 32.2. The van der Waals surface area contributed by atoms with Gasteiger partial charge in [-0.25, -0.2) is 13.1 Å². The van der Waals surface area contributed by atoms with E-state index in [9.17, 15) is 18.3 Å². The minimum absolute atomic E-state index is 0.0722. The number of rotatable bonds is 9. The number of carbonyl (C=O) groups excluding carboxylic acids is 1. The Balaban J connectivity index is 1.44. The Bertz CT molecular complexity index is 768. The highest BCUT2D eigenvalue weighted by molar-refractivity contribution is 7.89. The number of hydrogen-bond acceptors (Lipinski definition) is 6. The Labute approximate surface area is 179 Å². The third-order valence-electron chi connectivity index (χ3n) is 5.77. The zero-order valence-electron chi connectivity index (χ0n) is 17.3. The third kappa shape index (κ3) is 6.75. The molecule has 0 unspecified atom stereocenters. The van der Waals surface area contributed by atoms with E-state index in [1.807, 2.05) is 0 Å². The van der Waals surface area contributed by atoms with E-state index in [4.69, 9.17) is 4.74 Å². The van der Waals surface area contributed by atoms with Gasteiger partial charge in [0.15, 0.2) is 0 Å². The molecule has 0 spiro atoms. The molecular weight excluding hydrogens is 406 g/mol. The first kappa shape index (κ1) is 23.1. The predicted molar refractivity (Wildman–Crippen MR) is 113 cm³/mol. The largest absolute Gasteiger partial charge is 0.394 e. The first-order valence-electron chi connectivity index (χ1n) is 10.8. The van der Waals surface area contributed by atoms with Gasteiger partial charge in [0.1, 0.15) is 0 Å². The third-order valence-corrected chi connectivity index (χ3v) is 7.27. The number of aliphatic hydroxyl groups excluding tert-OH is 1. The van der Waals surface area contributed by atoms with Crippen LogP contribution in [0.4, 0.5) is 0 Å². The Morgan fingerprint density at radius 2 is 1.87 bits per heavy atom. The van der Waals surface area contributed by atoms with Gasteiger partial charge in [-0.3, -0.25) is 4.79 Å². The van der Waals surface area contributed by atoms with Crippen molar-refractivity contribution in [1.82, 2.24) is 14.9 Å². The Morgan fingerprint density at radius 1 is 1.13 bits per heavy atom. The summed E-state index contributed by atoms with van der Waals surface area (Å²) < 4.78 is 33.6. The van der Waals surface area contributed by atoms with Crippen molar-refractivity contribution in [2.75, 3.05) is 32.8 Å². The maximum absolute atomic E-state index is 12.6. The van der Waals surface area contributed by atoms with Crippen molar-refractivity contribution in [3.05, 3.63) is 30.3 Å². The summed E-state index contributed by atoms with van der Waals surface area (Å²) in [6.45, 7) is 3.36. The molecule has 30 heavy (non-hydrogen) atoms. The number of carbonyl (C=O) groups is 1. The van der Waals surface area contributed by atoms with Crippen molar-refractivity contribution in [2.24, 2.45) is 0 Å². The van der Waals surface area contributed by atoms with Gasteiger partial charge in [-0.05, 0) is 50.9 Å². The van der Waals surface area contributed by atoms with Crippen LogP contribution in [0, 0.1) is 0 Å². The van der Waals surface area contributed by atoms with Crippen LogP contribution in [-0.4, -0.2) is 75.4 Å². The maximum Gasteiger partial charge on any atom is 0.240 e. The number of amides is 1. The van der Waals surface area contributed by atoms with Crippen molar-refractivity contribution >= 4 is 15.9 Å². The SMILES string of the molecule is O=C(C[C@@H]1CC[C@@H](NS(=O)(=O)c2ccccc2)[C@@H](CO)O1)NCCN1CCCCC1. The molecule has 1 aromatic rings. The second kappa shape index (κ2) is 11.2. The van der Waals surface area contributed by atoms with E-state index in [1.54, 1.807) is 18.2 Å². The summed E-state index contributed by atoms with van der Waals surface area (Å²) in [7, 11) is -3.69. The molecule has 0 radical (unpaired) electrons. The molecule has 3 N–H and O–H groups in total. The van der Waals surface area contributed by atoms with Gasteiger partial charge in [-0.15, -0.1) is 0 Å². The molecule has 0 aliphatic carbocycles. The summed E-state index contributed by atoms with van der Waals surface area (Å²) in [4.78, 5) is 14.8. The molecule has 2 saturated heterocycles. The molecule has 2 fully saturated rings. The van der Waals surface area contributed by atoms with Crippen LogP contribution in [0.1, 0.15) is 38.5 Å². The molecule has 0 bridgehead atoms. The Hall–Kier alpha value is -1.52. The first-order chi connectivity index (χ1) is 14.5. The van der Waals surface area contributed by atoms with Crippen molar-refractivity contribution in [1.29, 1.82) is 0 Å². The highest BCUT2D eigenvalue weighted by Crippen LogP contribution is 2.23. The fourth-order valence-corrected chi connectivity index (χ4v) is 5.42. The molecule has 3 rings (SSSR count). The van der Waals surface area contributed by atoms with E-state index < -0.39 is 22.2 Å².